The normalized spacial score (nSPS) is 11.7. The van der Waals surface area contributed by atoms with Gasteiger partial charge in [0.25, 0.3) is 0 Å². The summed E-state index contributed by atoms with van der Waals surface area (Å²) in [6.45, 7) is 4.68. The summed E-state index contributed by atoms with van der Waals surface area (Å²) in [5.41, 5.74) is -0.774. The molecule has 0 radical (unpaired) electrons. The Kier molecular flexibility index (Phi) is 40.0. The smallest absolute Gasteiger partial charge is 0.744 e. The van der Waals surface area contributed by atoms with E-state index in [0.717, 1.165) is 44.6 Å². The number of hydrogen-bond donors (Lipinski definition) is 0. The van der Waals surface area contributed by atoms with Gasteiger partial charge in [0.15, 0.2) is 0 Å². The van der Waals surface area contributed by atoms with Crippen molar-refractivity contribution in [1.29, 1.82) is 0 Å². The van der Waals surface area contributed by atoms with Gasteiger partial charge >= 0.3 is 63.3 Å². The van der Waals surface area contributed by atoms with E-state index in [2.05, 4.69) is 38.2 Å². The summed E-state index contributed by atoms with van der Waals surface area (Å²) in [6.07, 6.45) is 47.5. The third kappa shape index (κ3) is 32.6. The SMILES string of the molecule is CCC/C=C/CCCCCCCCCCCCCCCOC(=O)c1cccc(S(=O)(=O)[O-])c1C(=O)OCCCCCCCCCCCCCCC/C=C/CCC.[K+]. The number of benzene rings is 1. The first kappa shape index (κ1) is 56.2. The van der Waals surface area contributed by atoms with E-state index in [-0.39, 0.29) is 70.2 Å². The summed E-state index contributed by atoms with van der Waals surface area (Å²) in [7, 11) is -5.02. The Morgan fingerprint density at radius 2 is 0.807 bits per heavy atom. The van der Waals surface area contributed by atoms with Crippen LogP contribution in [0.3, 0.4) is 0 Å². The summed E-state index contributed by atoms with van der Waals surface area (Å²) in [5, 5.41) is 0. The van der Waals surface area contributed by atoms with Crippen molar-refractivity contribution >= 4 is 22.1 Å². The number of hydrogen-bond acceptors (Lipinski definition) is 7. The molecule has 0 atom stereocenters. The predicted octanol–water partition coefficient (Wildman–Crippen LogP) is 11.5. The Morgan fingerprint density at radius 1 is 0.491 bits per heavy atom. The van der Waals surface area contributed by atoms with E-state index in [1.807, 2.05) is 0 Å². The van der Waals surface area contributed by atoms with Crippen LogP contribution >= 0.6 is 0 Å². The minimum atomic E-state index is -5.02. The molecule has 0 saturated carbocycles. The Balaban J connectivity index is 0.0000314. The quantitative estimate of drug-likeness (QED) is 0.0213. The summed E-state index contributed by atoms with van der Waals surface area (Å²) < 4.78 is 46.8. The van der Waals surface area contributed by atoms with Gasteiger partial charge in [0.05, 0.1) is 29.2 Å². The molecule has 0 aromatic heterocycles. The molecule has 9 heteroatoms. The second kappa shape index (κ2) is 40.6. The summed E-state index contributed by atoms with van der Waals surface area (Å²) in [5.74, 6) is -1.81. The standard InChI is InChI=1S/C48H82O7S.K/c1-3-5-7-9-11-13-15-17-19-21-23-25-27-29-31-33-35-37-42-54-47(49)44-40-39-41-45(56(51,52)53)46(44)48(50)55-43-38-36-34-32-30-28-26-24-22-20-18-16-14-12-10-8-6-4-2;/h7-10,39-41H,3-6,11-38,42-43H2,1-2H3,(H,51,52,53);/q;+1/p-1/b9-7+,10-8+;. The van der Waals surface area contributed by atoms with Crippen molar-refractivity contribution in [2.75, 3.05) is 13.2 Å². The van der Waals surface area contributed by atoms with E-state index in [4.69, 9.17) is 9.47 Å². The van der Waals surface area contributed by atoms with Crippen LogP contribution in [0.4, 0.5) is 0 Å². The Hall–Kier alpha value is -0.814. The second-order valence-electron chi connectivity index (χ2n) is 15.7. The van der Waals surface area contributed by atoms with Crippen molar-refractivity contribution in [3.05, 3.63) is 53.6 Å². The largest absolute Gasteiger partial charge is 1.00 e. The third-order valence-electron chi connectivity index (χ3n) is 10.5. The van der Waals surface area contributed by atoms with Crippen LogP contribution in [0.25, 0.3) is 0 Å². The van der Waals surface area contributed by atoms with Crippen LogP contribution in [0, 0.1) is 0 Å². The van der Waals surface area contributed by atoms with Gasteiger partial charge in [0, 0.05) is 0 Å². The van der Waals surface area contributed by atoms with Crippen molar-refractivity contribution in [1.82, 2.24) is 0 Å². The van der Waals surface area contributed by atoms with Crippen LogP contribution in [-0.4, -0.2) is 38.1 Å². The van der Waals surface area contributed by atoms with Gasteiger partial charge in [-0.25, -0.2) is 18.0 Å². The van der Waals surface area contributed by atoms with Gasteiger partial charge in [-0.3, -0.25) is 0 Å². The molecule has 0 aliphatic rings. The van der Waals surface area contributed by atoms with Crippen LogP contribution in [0.1, 0.15) is 240 Å². The Labute approximate surface area is 392 Å². The first-order chi connectivity index (χ1) is 27.3. The average molecular weight is 841 g/mol. The number of carbonyl (C=O) groups is 2. The zero-order chi connectivity index (χ0) is 40.8. The van der Waals surface area contributed by atoms with E-state index in [1.54, 1.807) is 0 Å². The van der Waals surface area contributed by atoms with Gasteiger partial charge in [-0.2, -0.15) is 0 Å². The fourth-order valence-electron chi connectivity index (χ4n) is 7.02. The molecule has 0 unspecified atom stereocenters. The minimum absolute atomic E-state index is 0. The van der Waals surface area contributed by atoms with Crippen molar-refractivity contribution in [3.8, 4) is 0 Å². The molecule has 0 aliphatic heterocycles. The molecule has 0 aliphatic carbocycles. The second-order valence-corrected chi connectivity index (χ2v) is 17.0. The molecule has 0 bridgehead atoms. The third-order valence-corrected chi connectivity index (χ3v) is 11.3. The van der Waals surface area contributed by atoms with Gasteiger partial charge < -0.3 is 14.0 Å². The molecule has 57 heavy (non-hydrogen) atoms. The number of carbonyl (C=O) groups excluding carboxylic acids is 2. The summed E-state index contributed by atoms with van der Waals surface area (Å²) >= 11 is 0. The predicted molar refractivity (Wildman–Crippen MR) is 232 cm³/mol. The molecule has 1 rings (SSSR count). The molecule has 322 valence electrons. The van der Waals surface area contributed by atoms with E-state index < -0.39 is 32.5 Å². The number of unbranched alkanes of at least 4 members (excludes halogenated alkanes) is 28. The summed E-state index contributed by atoms with van der Waals surface area (Å²) in [6, 6.07) is 3.64. The van der Waals surface area contributed by atoms with E-state index >= 15 is 0 Å². The number of esters is 2. The molecule has 7 nitrogen and oxygen atoms in total. The Morgan fingerprint density at radius 3 is 1.16 bits per heavy atom. The van der Waals surface area contributed by atoms with Crippen LogP contribution < -0.4 is 51.4 Å². The van der Waals surface area contributed by atoms with Crippen LogP contribution in [0.2, 0.25) is 0 Å². The van der Waals surface area contributed by atoms with E-state index in [0.29, 0.717) is 12.8 Å². The van der Waals surface area contributed by atoms with Crippen LogP contribution in [0.5, 0.6) is 0 Å². The molecule has 0 heterocycles. The first-order valence-electron chi connectivity index (χ1n) is 23.1. The monoisotopic (exact) mass is 841 g/mol. The average Bonchev–Trinajstić information content (AvgIpc) is 3.18. The van der Waals surface area contributed by atoms with Crippen LogP contribution in [-0.2, 0) is 19.6 Å². The maximum absolute atomic E-state index is 13.0. The van der Waals surface area contributed by atoms with Gasteiger partial charge in [0.2, 0.25) is 0 Å². The molecule has 0 amide bonds. The molecule has 0 N–H and O–H groups in total. The van der Waals surface area contributed by atoms with Crippen molar-refractivity contribution in [2.45, 2.75) is 224 Å². The summed E-state index contributed by atoms with van der Waals surface area (Å²) in [4.78, 5) is 25.2. The van der Waals surface area contributed by atoms with Crippen molar-refractivity contribution in [3.63, 3.8) is 0 Å². The zero-order valence-corrected chi connectivity index (χ0v) is 40.8. The number of allylic oxidation sites excluding steroid dienone is 4. The number of ether oxygens (including phenoxy) is 2. The molecule has 0 saturated heterocycles. The van der Waals surface area contributed by atoms with E-state index in [1.165, 1.54) is 166 Å². The van der Waals surface area contributed by atoms with Gasteiger partial charge in [-0.05, 0) is 63.5 Å². The van der Waals surface area contributed by atoms with E-state index in [9.17, 15) is 22.6 Å². The topological polar surface area (TPSA) is 110 Å². The Bertz CT molecular complexity index is 1280. The molecule has 0 spiro atoms. The fraction of sp³-hybridized carbons (Fsp3) is 0.750. The molecular weight excluding hydrogens is 760 g/mol. The van der Waals surface area contributed by atoms with Crippen molar-refractivity contribution < 1.29 is 83.4 Å². The van der Waals surface area contributed by atoms with Gasteiger partial charge in [0.1, 0.15) is 10.1 Å². The van der Waals surface area contributed by atoms with Gasteiger partial charge in [-0.1, -0.05) is 198 Å². The van der Waals surface area contributed by atoms with Crippen molar-refractivity contribution in [2.24, 2.45) is 0 Å². The van der Waals surface area contributed by atoms with Gasteiger partial charge in [-0.15, -0.1) is 0 Å². The fourth-order valence-corrected chi connectivity index (χ4v) is 7.71. The zero-order valence-electron chi connectivity index (χ0n) is 36.8. The molecular formula is C48H81KO7S. The van der Waals surface area contributed by atoms with Crippen LogP contribution in [0.15, 0.2) is 47.4 Å². The molecule has 0 fully saturated rings. The first-order valence-corrected chi connectivity index (χ1v) is 24.5. The number of rotatable bonds is 39. The maximum atomic E-state index is 13.0. The maximum Gasteiger partial charge on any atom is 1.00 e. The minimum Gasteiger partial charge on any atom is -0.744 e. The molecule has 1 aromatic carbocycles. The molecule has 1 aromatic rings.